The van der Waals surface area contributed by atoms with Crippen molar-refractivity contribution < 1.29 is 4.79 Å². The SMILES string of the molecule is CCCNC(=O)CCNC(=NCC(c1cccs1)N1CCC(C)CC1)NCC. The van der Waals surface area contributed by atoms with Crippen molar-refractivity contribution in [1.82, 2.24) is 20.9 Å². The Morgan fingerprint density at radius 2 is 2.04 bits per heavy atom. The Labute approximate surface area is 174 Å². The number of amides is 1. The molecule has 1 aliphatic rings. The monoisotopic (exact) mass is 407 g/mol. The number of carbonyl (C=O) groups is 1. The predicted molar refractivity (Wildman–Crippen MR) is 119 cm³/mol. The number of nitrogens with zero attached hydrogens (tertiary/aromatic N) is 2. The summed E-state index contributed by atoms with van der Waals surface area (Å²) in [5.74, 6) is 1.70. The van der Waals surface area contributed by atoms with Gasteiger partial charge in [0.1, 0.15) is 0 Å². The molecule has 0 radical (unpaired) electrons. The Morgan fingerprint density at radius 3 is 2.68 bits per heavy atom. The number of aliphatic imine (C=N–C) groups is 1. The van der Waals surface area contributed by atoms with Crippen molar-refractivity contribution in [2.75, 3.05) is 39.3 Å². The van der Waals surface area contributed by atoms with Crippen LogP contribution in [-0.4, -0.2) is 56.0 Å². The molecule has 1 aromatic heterocycles. The van der Waals surface area contributed by atoms with Gasteiger partial charge in [0.15, 0.2) is 5.96 Å². The maximum absolute atomic E-state index is 11.8. The largest absolute Gasteiger partial charge is 0.357 e. The molecule has 1 aromatic rings. The van der Waals surface area contributed by atoms with Gasteiger partial charge in [-0.3, -0.25) is 14.7 Å². The van der Waals surface area contributed by atoms with Gasteiger partial charge in [-0.1, -0.05) is 19.9 Å². The lowest BCUT2D eigenvalue weighted by Gasteiger charge is -2.35. The first-order valence-electron chi connectivity index (χ1n) is 10.7. The molecule has 1 atom stereocenters. The molecular formula is C21H37N5OS. The number of nitrogens with one attached hydrogen (secondary N) is 3. The number of carbonyl (C=O) groups excluding carboxylic acids is 1. The van der Waals surface area contributed by atoms with E-state index in [1.165, 1.54) is 17.7 Å². The maximum Gasteiger partial charge on any atom is 0.221 e. The van der Waals surface area contributed by atoms with Crippen LogP contribution in [0, 0.1) is 5.92 Å². The lowest BCUT2D eigenvalue weighted by Crippen LogP contribution is -2.41. The quantitative estimate of drug-likeness (QED) is 0.412. The fourth-order valence-electron chi connectivity index (χ4n) is 3.37. The van der Waals surface area contributed by atoms with Gasteiger partial charge in [0.2, 0.25) is 5.91 Å². The van der Waals surface area contributed by atoms with Gasteiger partial charge in [0.25, 0.3) is 0 Å². The minimum Gasteiger partial charge on any atom is -0.357 e. The first-order valence-corrected chi connectivity index (χ1v) is 11.6. The molecule has 0 saturated carbocycles. The van der Waals surface area contributed by atoms with E-state index in [1.807, 2.05) is 11.3 Å². The third-order valence-corrected chi connectivity index (χ3v) is 6.09. The smallest absolute Gasteiger partial charge is 0.221 e. The molecule has 0 bridgehead atoms. The third kappa shape index (κ3) is 7.80. The van der Waals surface area contributed by atoms with Crippen LogP contribution < -0.4 is 16.0 Å². The number of guanidine groups is 1. The van der Waals surface area contributed by atoms with Crippen molar-refractivity contribution in [3.8, 4) is 0 Å². The zero-order chi connectivity index (χ0) is 20.2. The highest BCUT2D eigenvalue weighted by Crippen LogP contribution is 2.29. The standard InChI is InChI=1S/C21H37N5OS/c1-4-11-23-20(27)8-12-24-21(22-5-2)25-16-18(19-7-6-15-28-19)26-13-9-17(3)10-14-26/h6-7,15,17-18H,4-5,8-14,16H2,1-3H3,(H,23,27)(H2,22,24,25). The van der Waals surface area contributed by atoms with Crippen molar-refractivity contribution in [3.63, 3.8) is 0 Å². The Balaban J connectivity index is 1.93. The Bertz CT molecular complexity index is 582. The van der Waals surface area contributed by atoms with E-state index in [9.17, 15) is 4.79 Å². The van der Waals surface area contributed by atoms with E-state index in [1.54, 1.807) is 0 Å². The molecular weight excluding hydrogens is 370 g/mol. The second-order valence-corrected chi connectivity index (χ2v) is 8.48. The van der Waals surface area contributed by atoms with Crippen LogP contribution >= 0.6 is 11.3 Å². The normalized spacial score (nSPS) is 17.3. The number of rotatable bonds is 10. The van der Waals surface area contributed by atoms with Crippen LogP contribution in [0.4, 0.5) is 0 Å². The van der Waals surface area contributed by atoms with E-state index in [0.29, 0.717) is 19.0 Å². The van der Waals surface area contributed by atoms with Gasteiger partial charge in [-0.25, -0.2) is 0 Å². The summed E-state index contributed by atoms with van der Waals surface area (Å²) in [6, 6.07) is 4.68. The molecule has 0 spiro atoms. The van der Waals surface area contributed by atoms with Crippen molar-refractivity contribution in [2.45, 2.75) is 52.5 Å². The Kier molecular flexibility index (Phi) is 10.4. The van der Waals surface area contributed by atoms with E-state index < -0.39 is 0 Å². The molecule has 1 unspecified atom stereocenters. The summed E-state index contributed by atoms with van der Waals surface area (Å²) >= 11 is 1.82. The topological polar surface area (TPSA) is 68.8 Å². The first kappa shape index (κ1) is 22.7. The molecule has 2 rings (SSSR count). The third-order valence-electron chi connectivity index (χ3n) is 5.11. The highest BCUT2D eigenvalue weighted by Gasteiger charge is 2.25. The summed E-state index contributed by atoms with van der Waals surface area (Å²) < 4.78 is 0. The van der Waals surface area contributed by atoms with E-state index in [0.717, 1.165) is 51.0 Å². The second kappa shape index (κ2) is 12.8. The van der Waals surface area contributed by atoms with Gasteiger partial charge in [-0.05, 0) is 56.6 Å². The summed E-state index contributed by atoms with van der Waals surface area (Å²) in [5.41, 5.74) is 0. The van der Waals surface area contributed by atoms with E-state index in [2.05, 4.69) is 59.1 Å². The van der Waals surface area contributed by atoms with Gasteiger partial charge in [-0.2, -0.15) is 0 Å². The van der Waals surface area contributed by atoms with Crippen LogP contribution in [0.1, 0.15) is 57.4 Å². The summed E-state index contributed by atoms with van der Waals surface area (Å²) in [4.78, 5) is 20.6. The number of piperidine rings is 1. The van der Waals surface area contributed by atoms with Crippen LogP contribution in [0.3, 0.4) is 0 Å². The Morgan fingerprint density at radius 1 is 1.25 bits per heavy atom. The van der Waals surface area contributed by atoms with E-state index in [-0.39, 0.29) is 5.91 Å². The molecule has 1 amide bonds. The van der Waals surface area contributed by atoms with Crippen LogP contribution in [-0.2, 0) is 4.79 Å². The summed E-state index contributed by atoms with van der Waals surface area (Å²) in [5, 5.41) is 11.7. The fraction of sp³-hybridized carbons (Fsp3) is 0.714. The van der Waals surface area contributed by atoms with Crippen molar-refractivity contribution in [1.29, 1.82) is 0 Å². The Hall–Kier alpha value is -1.60. The minimum absolute atomic E-state index is 0.0871. The molecule has 6 nitrogen and oxygen atoms in total. The molecule has 2 heterocycles. The minimum atomic E-state index is 0.0871. The van der Waals surface area contributed by atoms with Gasteiger partial charge in [0.05, 0.1) is 12.6 Å². The van der Waals surface area contributed by atoms with Gasteiger partial charge < -0.3 is 16.0 Å². The number of hydrogen-bond donors (Lipinski definition) is 3. The number of hydrogen-bond acceptors (Lipinski definition) is 4. The molecule has 28 heavy (non-hydrogen) atoms. The summed E-state index contributed by atoms with van der Waals surface area (Å²) in [7, 11) is 0. The van der Waals surface area contributed by atoms with Crippen molar-refractivity contribution >= 4 is 23.2 Å². The van der Waals surface area contributed by atoms with Gasteiger partial charge in [-0.15, -0.1) is 11.3 Å². The summed E-state index contributed by atoms with van der Waals surface area (Å²) in [6.45, 7) is 11.6. The number of thiophene rings is 1. The van der Waals surface area contributed by atoms with Crippen LogP contribution in [0.5, 0.6) is 0 Å². The average molecular weight is 408 g/mol. The maximum atomic E-state index is 11.8. The molecule has 0 aliphatic carbocycles. The fourth-order valence-corrected chi connectivity index (χ4v) is 4.23. The predicted octanol–water partition coefficient (Wildman–Crippen LogP) is 2.99. The van der Waals surface area contributed by atoms with Crippen molar-refractivity contribution in [3.05, 3.63) is 22.4 Å². The van der Waals surface area contributed by atoms with Crippen LogP contribution in [0.2, 0.25) is 0 Å². The summed E-state index contributed by atoms with van der Waals surface area (Å²) in [6.07, 6.45) is 3.94. The molecule has 1 saturated heterocycles. The zero-order valence-corrected chi connectivity index (χ0v) is 18.5. The lowest BCUT2D eigenvalue weighted by atomic mass is 9.97. The van der Waals surface area contributed by atoms with Gasteiger partial charge in [0, 0.05) is 30.9 Å². The van der Waals surface area contributed by atoms with Crippen molar-refractivity contribution in [2.24, 2.45) is 10.9 Å². The highest BCUT2D eigenvalue weighted by molar-refractivity contribution is 7.10. The highest BCUT2D eigenvalue weighted by atomic mass is 32.1. The molecule has 3 N–H and O–H groups in total. The molecule has 158 valence electrons. The van der Waals surface area contributed by atoms with Crippen LogP contribution in [0.15, 0.2) is 22.5 Å². The van der Waals surface area contributed by atoms with E-state index in [4.69, 9.17) is 4.99 Å². The lowest BCUT2D eigenvalue weighted by molar-refractivity contribution is -0.120. The van der Waals surface area contributed by atoms with Gasteiger partial charge >= 0.3 is 0 Å². The molecule has 1 fully saturated rings. The van der Waals surface area contributed by atoms with E-state index >= 15 is 0 Å². The van der Waals surface area contributed by atoms with Crippen LogP contribution in [0.25, 0.3) is 0 Å². The second-order valence-electron chi connectivity index (χ2n) is 7.50. The molecule has 1 aliphatic heterocycles. The first-order chi connectivity index (χ1) is 13.6. The number of likely N-dealkylation sites (tertiary alicyclic amines) is 1. The average Bonchev–Trinajstić information content (AvgIpc) is 3.22. The molecule has 0 aromatic carbocycles. The zero-order valence-electron chi connectivity index (χ0n) is 17.7. The molecule has 7 heteroatoms.